The molecule has 0 bridgehead atoms. The van der Waals surface area contributed by atoms with E-state index in [1.54, 1.807) is 37.3 Å². The quantitative estimate of drug-likeness (QED) is 0.606. The van der Waals surface area contributed by atoms with Crippen molar-refractivity contribution in [2.24, 2.45) is 0 Å². The van der Waals surface area contributed by atoms with Gasteiger partial charge < -0.3 is 15.6 Å². The summed E-state index contributed by atoms with van der Waals surface area (Å²) in [5.74, 6) is -4.27. The fourth-order valence-electron chi connectivity index (χ4n) is 2.97. The number of alkyl halides is 2. The number of hydrogen-bond acceptors (Lipinski definition) is 5. The minimum Gasteiger partial charge on any atom is -0.667 e. The lowest BCUT2D eigenvalue weighted by Gasteiger charge is -2.27. The molecule has 2 aromatic rings. The Bertz CT molecular complexity index is 852. The summed E-state index contributed by atoms with van der Waals surface area (Å²) >= 11 is 0. The standard InChI is InChI=1S/C20H23F2N4O3/c1-2-15(16(27)19-25-17(26-29-19)13-8-9-13)24-18(28)14(23)11-20(21,22)10-12-6-4-3-5-7-12/h3-7,13-15,23H,2,8-11H2,1H3,(H,24,28)/q-1/t14-,15-/m0/s1. The molecule has 1 aliphatic carbocycles. The lowest BCUT2D eigenvalue weighted by atomic mass is 10.00. The number of ketones is 1. The SMILES string of the molecule is CC[C@H](NC(=O)[C@@H]([NH-])CC(F)(F)Cc1ccccc1)C(=O)c1nc(C2CC2)no1. The molecule has 2 N–H and O–H groups in total. The van der Waals surface area contributed by atoms with E-state index in [-0.39, 0.29) is 18.2 Å². The van der Waals surface area contributed by atoms with Crippen molar-refractivity contribution in [3.05, 3.63) is 53.3 Å². The fourth-order valence-corrected chi connectivity index (χ4v) is 2.97. The zero-order valence-corrected chi connectivity index (χ0v) is 16.0. The van der Waals surface area contributed by atoms with Crippen molar-refractivity contribution in [3.8, 4) is 0 Å². The second-order valence-electron chi connectivity index (χ2n) is 7.34. The molecule has 0 aliphatic heterocycles. The Morgan fingerprint density at radius 2 is 2.00 bits per heavy atom. The number of hydrogen-bond donors (Lipinski definition) is 1. The number of carbonyl (C=O) groups excluding carboxylic acids is 2. The van der Waals surface area contributed by atoms with Gasteiger partial charge in [-0.15, -0.1) is 0 Å². The second-order valence-corrected chi connectivity index (χ2v) is 7.34. The number of carbonyl (C=O) groups is 2. The van der Waals surface area contributed by atoms with E-state index in [9.17, 15) is 18.4 Å². The number of aromatic nitrogens is 2. The molecular weight excluding hydrogens is 382 g/mol. The number of nitrogens with zero attached hydrogens (tertiary/aromatic N) is 2. The normalized spacial score (nSPS) is 16.3. The monoisotopic (exact) mass is 405 g/mol. The van der Waals surface area contributed by atoms with E-state index < -0.39 is 42.5 Å². The van der Waals surface area contributed by atoms with Crippen molar-refractivity contribution in [2.75, 3.05) is 0 Å². The summed E-state index contributed by atoms with van der Waals surface area (Å²) < 4.78 is 33.5. The Labute approximate surface area is 167 Å². The molecule has 29 heavy (non-hydrogen) atoms. The molecule has 1 aromatic heterocycles. The van der Waals surface area contributed by atoms with Crippen LogP contribution in [0.5, 0.6) is 0 Å². The van der Waals surface area contributed by atoms with Crippen LogP contribution in [0.4, 0.5) is 8.78 Å². The highest BCUT2D eigenvalue weighted by Gasteiger charge is 2.34. The predicted molar refractivity (Wildman–Crippen MR) is 101 cm³/mol. The maximum atomic E-state index is 14.2. The lowest BCUT2D eigenvalue weighted by molar-refractivity contribution is -0.124. The van der Waals surface area contributed by atoms with Crippen molar-refractivity contribution in [2.45, 2.75) is 63.0 Å². The minimum atomic E-state index is -3.22. The van der Waals surface area contributed by atoms with E-state index in [0.29, 0.717) is 11.4 Å². The first-order valence-electron chi connectivity index (χ1n) is 9.60. The summed E-state index contributed by atoms with van der Waals surface area (Å²) in [5.41, 5.74) is 8.25. The van der Waals surface area contributed by atoms with E-state index in [1.165, 1.54) is 0 Å². The second kappa shape index (κ2) is 8.77. The molecule has 1 aromatic carbocycles. The van der Waals surface area contributed by atoms with Gasteiger partial charge in [0.05, 0.1) is 6.04 Å². The molecule has 0 radical (unpaired) electrons. The number of halogens is 2. The maximum Gasteiger partial charge on any atom is 0.296 e. The largest absolute Gasteiger partial charge is 0.667 e. The minimum absolute atomic E-state index is 0.207. The van der Waals surface area contributed by atoms with Gasteiger partial charge in [-0.3, -0.25) is 9.59 Å². The third-order valence-electron chi connectivity index (χ3n) is 4.76. The highest BCUT2D eigenvalue weighted by molar-refractivity contribution is 5.99. The van der Waals surface area contributed by atoms with Gasteiger partial charge in [-0.25, -0.2) is 8.78 Å². The molecule has 3 rings (SSSR count). The summed E-state index contributed by atoms with van der Waals surface area (Å²) in [7, 11) is 0. The Morgan fingerprint density at radius 1 is 1.31 bits per heavy atom. The summed E-state index contributed by atoms with van der Waals surface area (Å²) in [5, 5.41) is 6.13. The Morgan fingerprint density at radius 3 is 2.62 bits per heavy atom. The van der Waals surface area contributed by atoms with Gasteiger partial charge in [-0.2, -0.15) is 4.98 Å². The Hall–Kier alpha value is -2.68. The smallest absolute Gasteiger partial charge is 0.296 e. The average Bonchev–Trinajstić information content (AvgIpc) is 3.42. The van der Waals surface area contributed by atoms with Gasteiger partial charge in [-0.1, -0.05) is 48.5 Å². The zero-order valence-electron chi connectivity index (χ0n) is 16.0. The number of benzene rings is 1. The Balaban J connectivity index is 1.56. The molecule has 1 aliphatic rings. The van der Waals surface area contributed by atoms with E-state index in [1.807, 2.05) is 0 Å². The molecule has 0 spiro atoms. The van der Waals surface area contributed by atoms with Gasteiger partial charge in [0.25, 0.3) is 11.8 Å². The van der Waals surface area contributed by atoms with Gasteiger partial charge in [0.15, 0.2) is 5.82 Å². The molecule has 1 amide bonds. The molecule has 1 heterocycles. The number of rotatable bonds is 10. The molecule has 1 saturated carbocycles. The average molecular weight is 405 g/mol. The van der Waals surface area contributed by atoms with Crippen molar-refractivity contribution in [1.82, 2.24) is 15.5 Å². The summed E-state index contributed by atoms with van der Waals surface area (Å²) in [6, 6.07) is 5.45. The highest BCUT2D eigenvalue weighted by atomic mass is 19.3. The first-order chi connectivity index (χ1) is 13.8. The van der Waals surface area contributed by atoms with Crippen LogP contribution in [-0.4, -0.2) is 39.8 Å². The molecular formula is C20H23F2N4O3-. The van der Waals surface area contributed by atoms with Gasteiger partial charge in [0, 0.05) is 18.8 Å². The number of amides is 1. The van der Waals surface area contributed by atoms with Crippen molar-refractivity contribution in [1.29, 1.82) is 0 Å². The van der Waals surface area contributed by atoms with Crippen molar-refractivity contribution >= 4 is 11.7 Å². The molecule has 1 fully saturated rings. The van der Waals surface area contributed by atoms with Crippen LogP contribution in [0.25, 0.3) is 5.73 Å². The third kappa shape index (κ3) is 5.66. The molecule has 0 unspecified atom stereocenters. The summed E-state index contributed by atoms with van der Waals surface area (Å²) in [6.07, 6.45) is 0.597. The van der Waals surface area contributed by atoms with E-state index in [4.69, 9.17) is 10.3 Å². The summed E-state index contributed by atoms with van der Waals surface area (Å²) in [6.45, 7) is 1.66. The number of nitrogens with one attached hydrogen (secondary N) is 2. The first-order valence-corrected chi connectivity index (χ1v) is 9.60. The van der Waals surface area contributed by atoms with Crippen LogP contribution in [0, 0.1) is 0 Å². The molecule has 0 saturated heterocycles. The Kier molecular flexibility index (Phi) is 6.36. The van der Waals surface area contributed by atoms with Crippen LogP contribution < -0.4 is 5.32 Å². The summed E-state index contributed by atoms with van der Waals surface area (Å²) in [4.78, 5) is 28.8. The van der Waals surface area contributed by atoms with E-state index in [0.717, 1.165) is 12.8 Å². The van der Waals surface area contributed by atoms with Gasteiger partial charge >= 0.3 is 0 Å². The van der Waals surface area contributed by atoms with Crippen LogP contribution in [0.2, 0.25) is 0 Å². The van der Waals surface area contributed by atoms with E-state index >= 15 is 0 Å². The molecule has 9 heteroatoms. The van der Waals surface area contributed by atoms with Crippen LogP contribution in [0.3, 0.4) is 0 Å². The van der Waals surface area contributed by atoms with Gasteiger partial charge in [0.1, 0.15) is 0 Å². The van der Waals surface area contributed by atoms with Crippen molar-refractivity contribution < 1.29 is 22.9 Å². The first kappa shape index (κ1) is 21.0. The topological polar surface area (TPSA) is 109 Å². The predicted octanol–water partition coefficient (Wildman–Crippen LogP) is 3.71. The number of Topliss-reactive ketones (excluding diaryl/α,β-unsaturated/α-hetero) is 1. The zero-order chi connectivity index (χ0) is 21.0. The highest BCUT2D eigenvalue weighted by Crippen LogP contribution is 2.38. The maximum absolute atomic E-state index is 14.2. The third-order valence-corrected chi connectivity index (χ3v) is 4.76. The van der Waals surface area contributed by atoms with Gasteiger partial charge in [-0.05, 0) is 24.8 Å². The van der Waals surface area contributed by atoms with Crippen LogP contribution in [-0.2, 0) is 11.2 Å². The van der Waals surface area contributed by atoms with Crippen LogP contribution >= 0.6 is 0 Å². The fraction of sp³-hybridized carbons (Fsp3) is 0.500. The molecule has 7 nitrogen and oxygen atoms in total. The van der Waals surface area contributed by atoms with E-state index in [2.05, 4.69) is 15.5 Å². The lowest BCUT2D eigenvalue weighted by Crippen LogP contribution is -2.45. The van der Waals surface area contributed by atoms with Crippen LogP contribution in [0.1, 0.15) is 60.6 Å². The molecule has 2 atom stereocenters. The van der Waals surface area contributed by atoms with Crippen molar-refractivity contribution in [3.63, 3.8) is 0 Å². The van der Waals surface area contributed by atoms with Gasteiger partial charge in [0.2, 0.25) is 11.7 Å². The molecule has 156 valence electrons. The van der Waals surface area contributed by atoms with Crippen LogP contribution in [0.15, 0.2) is 34.9 Å².